The molecule has 9 nitrogen and oxygen atoms in total. The molecule has 0 radical (unpaired) electrons. The van der Waals surface area contributed by atoms with Gasteiger partial charge in [0, 0.05) is 31.7 Å². The summed E-state index contributed by atoms with van der Waals surface area (Å²) >= 11 is 0. The van der Waals surface area contributed by atoms with Crippen molar-refractivity contribution >= 4 is 23.7 Å². The topological polar surface area (TPSA) is 124 Å². The van der Waals surface area contributed by atoms with E-state index in [1.807, 2.05) is 30.3 Å². The number of pyridine rings is 1. The summed E-state index contributed by atoms with van der Waals surface area (Å²) in [6.07, 6.45) is 2.08. The van der Waals surface area contributed by atoms with Crippen LogP contribution in [0, 0.1) is 0 Å². The zero-order valence-corrected chi connectivity index (χ0v) is 15.8. The fourth-order valence-electron chi connectivity index (χ4n) is 3.24. The van der Waals surface area contributed by atoms with Crippen LogP contribution >= 0.6 is 0 Å². The number of aromatic nitrogens is 1. The first-order valence-corrected chi connectivity index (χ1v) is 9.32. The third-order valence-electron chi connectivity index (χ3n) is 4.66. The van der Waals surface area contributed by atoms with Gasteiger partial charge in [-0.1, -0.05) is 30.3 Å². The first kappa shape index (κ1) is 20.1. The number of urea groups is 1. The number of carboxylic acids is 1. The Labute approximate surface area is 168 Å². The predicted molar refractivity (Wildman–Crippen MR) is 106 cm³/mol. The molecule has 4 N–H and O–H groups in total. The van der Waals surface area contributed by atoms with Gasteiger partial charge in [0.05, 0.1) is 6.42 Å². The number of anilines is 1. The van der Waals surface area contributed by atoms with Crippen molar-refractivity contribution in [1.29, 1.82) is 0 Å². The predicted octanol–water partition coefficient (Wildman–Crippen LogP) is 1.53. The second-order valence-electron chi connectivity index (χ2n) is 6.72. The van der Waals surface area contributed by atoms with Crippen LogP contribution in [0.15, 0.2) is 48.7 Å². The fourth-order valence-corrected chi connectivity index (χ4v) is 3.24. The lowest BCUT2D eigenvalue weighted by atomic mass is 9.92. The highest BCUT2D eigenvalue weighted by Gasteiger charge is 2.31. The Balaban J connectivity index is 1.51. The van der Waals surface area contributed by atoms with Crippen LogP contribution in [0.4, 0.5) is 10.6 Å². The molecule has 1 aromatic heterocycles. The molecule has 1 aromatic carbocycles. The Morgan fingerprint density at radius 1 is 1.07 bits per heavy atom. The molecule has 1 atom stereocenters. The van der Waals surface area contributed by atoms with E-state index in [0.717, 1.165) is 11.1 Å². The van der Waals surface area contributed by atoms with Gasteiger partial charge >= 0.3 is 12.0 Å². The Hall–Kier alpha value is -3.62. The van der Waals surface area contributed by atoms with Gasteiger partial charge in [-0.2, -0.15) is 0 Å². The molecule has 9 heteroatoms. The van der Waals surface area contributed by atoms with Crippen LogP contribution in [0.25, 0.3) is 0 Å². The van der Waals surface area contributed by atoms with Crippen molar-refractivity contribution < 1.29 is 19.5 Å². The van der Waals surface area contributed by atoms with Crippen LogP contribution in [0.3, 0.4) is 0 Å². The van der Waals surface area contributed by atoms with Crippen molar-refractivity contribution in [3.05, 3.63) is 59.8 Å². The summed E-state index contributed by atoms with van der Waals surface area (Å²) in [5.41, 5.74) is 6.76. The summed E-state index contributed by atoms with van der Waals surface area (Å²) in [5.74, 6) is -0.682. The molecule has 2 aromatic rings. The summed E-state index contributed by atoms with van der Waals surface area (Å²) in [5, 5.41) is 12.2. The number of benzene rings is 1. The Bertz CT molecular complexity index is 874. The van der Waals surface area contributed by atoms with E-state index in [2.05, 4.69) is 21.2 Å². The largest absolute Gasteiger partial charge is 0.481 e. The third-order valence-corrected chi connectivity index (χ3v) is 4.66. The van der Waals surface area contributed by atoms with E-state index >= 15 is 0 Å². The standard InChI is InChI=1S/C20H23N5O4/c26-18(8-10-22-17-7-3-4-9-21-17)23-24-20(29)25-13-15-6-2-1-5-14(15)11-16(25)12-19(27)28/h1-7,9,16H,8,10-13H2,(H,21,22)(H,23,26)(H,24,29)(H,27,28). The number of hydrogen-bond acceptors (Lipinski definition) is 5. The first-order chi connectivity index (χ1) is 14.0. The second kappa shape index (κ2) is 9.54. The van der Waals surface area contributed by atoms with Crippen molar-refractivity contribution in [2.24, 2.45) is 0 Å². The number of rotatable bonds is 6. The minimum absolute atomic E-state index is 0.137. The quantitative estimate of drug-likeness (QED) is 0.548. The van der Waals surface area contributed by atoms with Gasteiger partial charge in [-0.15, -0.1) is 0 Å². The molecule has 0 bridgehead atoms. The molecule has 1 aliphatic heterocycles. The highest BCUT2D eigenvalue weighted by molar-refractivity contribution is 5.82. The molecule has 0 saturated heterocycles. The van der Waals surface area contributed by atoms with E-state index in [-0.39, 0.29) is 25.3 Å². The monoisotopic (exact) mass is 397 g/mol. The number of hydrogen-bond donors (Lipinski definition) is 4. The zero-order valence-electron chi connectivity index (χ0n) is 15.8. The second-order valence-corrected chi connectivity index (χ2v) is 6.72. The SMILES string of the molecule is O=C(O)CC1Cc2ccccc2CN1C(=O)NNC(=O)CCNc1ccccn1. The molecule has 0 spiro atoms. The Morgan fingerprint density at radius 3 is 2.55 bits per heavy atom. The van der Waals surface area contributed by atoms with Gasteiger partial charge in [-0.3, -0.25) is 15.0 Å². The molecule has 152 valence electrons. The number of hydrazine groups is 1. The summed E-state index contributed by atoms with van der Waals surface area (Å²) in [4.78, 5) is 41.3. The fraction of sp³-hybridized carbons (Fsp3) is 0.300. The molecule has 0 fully saturated rings. The van der Waals surface area contributed by atoms with Crippen LogP contribution in [0.2, 0.25) is 0 Å². The Morgan fingerprint density at radius 2 is 1.83 bits per heavy atom. The van der Waals surface area contributed by atoms with Crippen molar-refractivity contribution in [2.45, 2.75) is 31.8 Å². The van der Waals surface area contributed by atoms with Gasteiger partial charge in [-0.25, -0.2) is 15.2 Å². The van der Waals surface area contributed by atoms with Crippen LogP contribution in [-0.2, 0) is 22.6 Å². The molecule has 0 aliphatic carbocycles. The molecule has 29 heavy (non-hydrogen) atoms. The number of nitrogens with one attached hydrogen (secondary N) is 3. The molecular weight excluding hydrogens is 374 g/mol. The van der Waals surface area contributed by atoms with E-state index in [0.29, 0.717) is 18.8 Å². The van der Waals surface area contributed by atoms with Crippen molar-refractivity contribution in [3.63, 3.8) is 0 Å². The van der Waals surface area contributed by atoms with Crippen molar-refractivity contribution in [3.8, 4) is 0 Å². The number of aliphatic carboxylic acids is 1. The maximum atomic E-state index is 12.6. The minimum Gasteiger partial charge on any atom is -0.481 e. The zero-order chi connectivity index (χ0) is 20.6. The summed E-state index contributed by atoms with van der Waals surface area (Å²) in [6.45, 7) is 0.647. The highest BCUT2D eigenvalue weighted by atomic mass is 16.4. The van der Waals surface area contributed by atoms with Crippen LogP contribution in [-0.4, -0.2) is 45.5 Å². The number of carboxylic acid groups (broad SMARTS) is 1. The number of carbonyl (C=O) groups excluding carboxylic acids is 2. The van der Waals surface area contributed by atoms with E-state index in [9.17, 15) is 19.5 Å². The van der Waals surface area contributed by atoms with E-state index in [4.69, 9.17) is 0 Å². The average molecular weight is 397 g/mol. The summed E-state index contributed by atoms with van der Waals surface area (Å²) < 4.78 is 0. The van der Waals surface area contributed by atoms with Crippen molar-refractivity contribution in [2.75, 3.05) is 11.9 Å². The highest BCUT2D eigenvalue weighted by Crippen LogP contribution is 2.25. The Kier molecular flexibility index (Phi) is 6.62. The normalized spacial score (nSPS) is 15.2. The van der Waals surface area contributed by atoms with Gasteiger partial charge in [0.25, 0.3) is 0 Å². The first-order valence-electron chi connectivity index (χ1n) is 9.32. The molecule has 1 aliphatic rings. The smallest absolute Gasteiger partial charge is 0.336 e. The summed E-state index contributed by atoms with van der Waals surface area (Å²) in [7, 11) is 0. The van der Waals surface area contributed by atoms with E-state index < -0.39 is 18.0 Å². The number of carbonyl (C=O) groups is 3. The maximum Gasteiger partial charge on any atom is 0.336 e. The molecule has 3 rings (SSSR count). The number of fused-ring (bicyclic) bond motifs is 1. The average Bonchev–Trinajstić information content (AvgIpc) is 2.72. The minimum atomic E-state index is -0.975. The molecular formula is C20H23N5O4. The lowest BCUT2D eigenvalue weighted by Crippen LogP contribution is -2.54. The number of nitrogens with zero attached hydrogens (tertiary/aromatic N) is 2. The van der Waals surface area contributed by atoms with E-state index in [1.165, 1.54) is 4.90 Å². The van der Waals surface area contributed by atoms with Gasteiger partial charge in [0.15, 0.2) is 0 Å². The van der Waals surface area contributed by atoms with Gasteiger partial charge in [0.2, 0.25) is 5.91 Å². The molecule has 0 saturated carbocycles. The lowest BCUT2D eigenvalue weighted by molar-refractivity contribution is -0.138. The third kappa shape index (κ3) is 5.68. The molecule has 2 heterocycles. The van der Waals surface area contributed by atoms with E-state index in [1.54, 1.807) is 18.3 Å². The van der Waals surface area contributed by atoms with Crippen LogP contribution < -0.4 is 16.2 Å². The van der Waals surface area contributed by atoms with Crippen LogP contribution in [0.1, 0.15) is 24.0 Å². The molecule has 1 unspecified atom stereocenters. The maximum absolute atomic E-state index is 12.6. The summed E-state index contributed by atoms with van der Waals surface area (Å²) in [6, 6.07) is 12.0. The van der Waals surface area contributed by atoms with Crippen LogP contribution in [0.5, 0.6) is 0 Å². The number of amides is 3. The van der Waals surface area contributed by atoms with Gasteiger partial charge in [0.1, 0.15) is 5.82 Å². The van der Waals surface area contributed by atoms with Gasteiger partial charge < -0.3 is 15.3 Å². The van der Waals surface area contributed by atoms with Crippen molar-refractivity contribution in [1.82, 2.24) is 20.7 Å². The van der Waals surface area contributed by atoms with Gasteiger partial charge in [-0.05, 0) is 29.7 Å². The lowest BCUT2D eigenvalue weighted by Gasteiger charge is -2.36. The molecule has 3 amide bonds.